The molecule has 1 aliphatic rings. The molecule has 0 aliphatic heterocycles. The van der Waals surface area contributed by atoms with Crippen molar-refractivity contribution in [3.05, 3.63) is 98.0 Å². The lowest BCUT2D eigenvalue weighted by molar-refractivity contribution is -0.132. The molecule has 4 N–H and O–H groups in total. The van der Waals surface area contributed by atoms with Gasteiger partial charge >= 0.3 is 11.9 Å². The van der Waals surface area contributed by atoms with E-state index in [2.05, 4.69) is 10.6 Å². The summed E-state index contributed by atoms with van der Waals surface area (Å²) in [5.41, 5.74) is 2.09. The molecule has 3 aromatic rings. The number of aromatic carboxylic acids is 1. The molecule has 0 bridgehead atoms. The lowest BCUT2D eigenvalue weighted by Gasteiger charge is -2.22. The highest BCUT2D eigenvalue weighted by molar-refractivity contribution is 6.38. The van der Waals surface area contributed by atoms with Crippen molar-refractivity contribution in [3.8, 4) is 11.5 Å². The van der Waals surface area contributed by atoms with Crippen molar-refractivity contribution in [2.24, 2.45) is 0 Å². The molecule has 0 amide bonds. The normalized spacial score (nSPS) is 13.9. The molecule has 1 atom stereocenters. The summed E-state index contributed by atoms with van der Waals surface area (Å²) in [7, 11) is 0. The summed E-state index contributed by atoms with van der Waals surface area (Å²) in [4.78, 5) is 23.0. The Morgan fingerprint density at radius 3 is 1.69 bits per heavy atom. The molecule has 49 heavy (non-hydrogen) atoms. The van der Waals surface area contributed by atoms with Gasteiger partial charge in [-0.2, -0.15) is 0 Å². The number of hydrogen-bond acceptors (Lipinski definition) is 6. The van der Waals surface area contributed by atoms with Gasteiger partial charge in [0.1, 0.15) is 0 Å². The molecule has 3 aromatic carbocycles. The number of carboxylic acids is 2. The molecular weight excluding hydrogens is 710 g/mol. The summed E-state index contributed by atoms with van der Waals surface area (Å²) >= 11 is 25.8. The number of rotatable bonds is 20. The molecule has 4 rings (SSSR count). The monoisotopic (exact) mass is 748 g/mol. The Balaban J connectivity index is 1.05. The minimum Gasteiger partial charge on any atom is -0.490 e. The second-order valence-electron chi connectivity index (χ2n) is 11.7. The van der Waals surface area contributed by atoms with Crippen molar-refractivity contribution in [3.63, 3.8) is 0 Å². The largest absolute Gasteiger partial charge is 0.490 e. The van der Waals surface area contributed by atoms with Crippen LogP contribution >= 0.6 is 46.4 Å². The highest BCUT2D eigenvalue weighted by Gasteiger charge is 2.22. The Morgan fingerprint density at radius 1 is 0.694 bits per heavy atom. The van der Waals surface area contributed by atoms with Gasteiger partial charge in [0, 0.05) is 11.4 Å². The fourth-order valence-corrected chi connectivity index (χ4v) is 6.66. The van der Waals surface area contributed by atoms with Gasteiger partial charge in [0.05, 0.1) is 56.2 Å². The number of aliphatic carboxylic acids is 1. The summed E-state index contributed by atoms with van der Waals surface area (Å²) in [5.74, 6) is -1.13. The van der Waals surface area contributed by atoms with E-state index < -0.39 is 11.9 Å². The number of ether oxygens (including phenoxy) is 2. The van der Waals surface area contributed by atoms with Crippen LogP contribution in [0.4, 0.5) is 17.1 Å². The Morgan fingerprint density at radius 2 is 1.18 bits per heavy atom. The first-order valence-electron chi connectivity index (χ1n) is 16.3. The lowest BCUT2D eigenvalue weighted by Crippen LogP contribution is -2.27. The number of anilines is 3. The first-order chi connectivity index (χ1) is 23.6. The summed E-state index contributed by atoms with van der Waals surface area (Å²) in [6.07, 6.45) is 15.4. The van der Waals surface area contributed by atoms with Gasteiger partial charge in [-0.05, 0) is 61.7 Å². The van der Waals surface area contributed by atoms with Gasteiger partial charge < -0.3 is 30.3 Å². The van der Waals surface area contributed by atoms with Crippen LogP contribution in [-0.2, 0) is 4.79 Å². The van der Waals surface area contributed by atoms with E-state index in [-0.39, 0.29) is 17.2 Å². The van der Waals surface area contributed by atoms with Crippen molar-refractivity contribution in [2.75, 3.05) is 23.8 Å². The van der Waals surface area contributed by atoms with E-state index in [1.54, 1.807) is 54.6 Å². The van der Waals surface area contributed by atoms with Crippen LogP contribution in [0.3, 0.4) is 0 Å². The Bertz CT molecular complexity index is 1620. The number of allylic oxidation sites excluding steroid dienone is 2. The van der Waals surface area contributed by atoms with E-state index in [1.807, 2.05) is 6.08 Å². The molecule has 12 heteroatoms. The molecule has 0 aromatic heterocycles. The third kappa shape index (κ3) is 11.8. The van der Waals surface area contributed by atoms with E-state index in [0.29, 0.717) is 68.3 Å². The van der Waals surface area contributed by atoms with Crippen LogP contribution in [0.15, 0.2) is 72.3 Å². The zero-order chi connectivity index (χ0) is 35.2. The molecule has 1 aliphatic carbocycles. The topological polar surface area (TPSA) is 117 Å². The molecule has 0 saturated carbocycles. The van der Waals surface area contributed by atoms with Gasteiger partial charge in [-0.25, -0.2) is 9.59 Å². The molecule has 0 fully saturated rings. The smallest absolute Gasteiger partial charge is 0.337 e. The average Bonchev–Trinajstić information content (AvgIpc) is 3.05. The maximum atomic E-state index is 11.5. The SMILES string of the molecule is O=C(O)C1=CC=CCC1Nc1cc(Cl)c(OCCCCCCCCCCCOc2c(Cl)cc(Nc3ccccc3C(=O)O)cc2Cl)c(Cl)c1. The second kappa shape index (κ2) is 19.6. The molecule has 0 radical (unpaired) electrons. The number of benzene rings is 3. The number of halogens is 4. The third-order valence-corrected chi connectivity index (χ3v) is 9.08. The molecule has 262 valence electrons. The van der Waals surface area contributed by atoms with Gasteiger partial charge in [-0.1, -0.05) is 116 Å². The molecule has 0 saturated heterocycles. The van der Waals surface area contributed by atoms with Gasteiger partial charge in [0.15, 0.2) is 11.5 Å². The van der Waals surface area contributed by atoms with Crippen molar-refractivity contribution in [1.29, 1.82) is 0 Å². The average molecular weight is 751 g/mol. The van der Waals surface area contributed by atoms with Crippen LogP contribution in [0, 0.1) is 0 Å². The van der Waals surface area contributed by atoms with Crippen molar-refractivity contribution in [1.82, 2.24) is 0 Å². The third-order valence-electron chi connectivity index (χ3n) is 7.96. The van der Waals surface area contributed by atoms with Crippen LogP contribution in [0.25, 0.3) is 0 Å². The maximum absolute atomic E-state index is 11.5. The van der Waals surface area contributed by atoms with E-state index in [4.69, 9.17) is 55.9 Å². The summed E-state index contributed by atoms with van der Waals surface area (Å²) in [6.45, 7) is 1.01. The van der Waals surface area contributed by atoms with Gasteiger partial charge in [0.2, 0.25) is 0 Å². The number of carbonyl (C=O) groups is 2. The molecule has 8 nitrogen and oxygen atoms in total. The predicted octanol–water partition coefficient (Wildman–Crippen LogP) is 11.5. The zero-order valence-electron chi connectivity index (χ0n) is 27.0. The van der Waals surface area contributed by atoms with Crippen LogP contribution < -0.4 is 20.1 Å². The zero-order valence-corrected chi connectivity index (χ0v) is 30.0. The van der Waals surface area contributed by atoms with E-state index in [1.165, 1.54) is 12.5 Å². The molecule has 1 unspecified atom stereocenters. The van der Waals surface area contributed by atoms with Crippen LogP contribution in [0.5, 0.6) is 11.5 Å². The van der Waals surface area contributed by atoms with Crippen molar-refractivity contribution in [2.45, 2.75) is 70.3 Å². The Hall–Kier alpha value is -3.56. The summed E-state index contributed by atoms with van der Waals surface area (Å²) in [6, 6.07) is 13.0. The number of unbranched alkanes of at least 4 members (excludes halogenated alkanes) is 8. The minimum atomic E-state index is -1.03. The quantitative estimate of drug-likeness (QED) is 0.0844. The summed E-state index contributed by atoms with van der Waals surface area (Å²) < 4.78 is 11.8. The van der Waals surface area contributed by atoms with Crippen molar-refractivity contribution < 1.29 is 29.3 Å². The first kappa shape index (κ1) is 38.2. The molecular formula is C37H40Cl4N2O6. The first-order valence-corrected chi connectivity index (χ1v) is 17.8. The van der Waals surface area contributed by atoms with E-state index in [9.17, 15) is 19.8 Å². The summed E-state index contributed by atoms with van der Waals surface area (Å²) in [5, 5.41) is 26.6. The maximum Gasteiger partial charge on any atom is 0.337 e. The molecule has 0 heterocycles. The number of nitrogens with one attached hydrogen (secondary N) is 2. The standard InChI is InChI=1S/C37H40Cl4N2O6/c38-28-20-24(42-32-16-10-8-14-26(32)36(44)45)21-29(39)34(28)48-18-12-6-4-2-1-3-5-7-13-19-49-35-30(40)22-25(23-31(35)41)43-33-17-11-9-15-27(33)37(46)47/h8-11,14-16,20-23,33,42-43H,1-7,12-13,17-19H2,(H,44,45)(H,46,47). The Kier molecular flexibility index (Phi) is 15.3. The fourth-order valence-electron chi connectivity index (χ4n) is 5.46. The Labute approximate surface area is 307 Å². The predicted molar refractivity (Wildman–Crippen MR) is 199 cm³/mol. The highest BCUT2D eigenvalue weighted by atomic mass is 35.5. The fraction of sp³-hybridized carbons (Fsp3) is 0.351. The van der Waals surface area contributed by atoms with Gasteiger partial charge in [0.25, 0.3) is 0 Å². The van der Waals surface area contributed by atoms with Gasteiger partial charge in [-0.15, -0.1) is 0 Å². The highest BCUT2D eigenvalue weighted by Crippen LogP contribution is 2.38. The number of para-hydroxylation sites is 1. The van der Waals surface area contributed by atoms with Crippen LogP contribution in [0.2, 0.25) is 20.1 Å². The van der Waals surface area contributed by atoms with Crippen LogP contribution in [-0.4, -0.2) is 41.4 Å². The number of carboxylic acid groups (broad SMARTS) is 2. The van der Waals surface area contributed by atoms with Crippen LogP contribution in [0.1, 0.15) is 74.6 Å². The van der Waals surface area contributed by atoms with E-state index >= 15 is 0 Å². The second-order valence-corrected chi connectivity index (χ2v) is 13.3. The van der Waals surface area contributed by atoms with Crippen molar-refractivity contribution >= 4 is 75.4 Å². The minimum absolute atomic E-state index is 0.149. The van der Waals surface area contributed by atoms with Gasteiger partial charge in [-0.3, -0.25) is 0 Å². The lowest BCUT2D eigenvalue weighted by atomic mass is 9.98. The molecule has 0 spiro atoms. The van der Waals surface area contributed by atoms with E-state index in [0.717, 1.165) is 51.4 Å². The number of hydrogen-bond donors (Lipinski definition) is 4.